The number of anilines is 1. The maximum atomic E-state index is 13.3. The van der Waals surface area contributed by atoms with E-state index in [1.54, 1.807) is 18.0 Å². The molecule has 206 valence electrons. The summed E-state index contributed by atoms with van der Waals surface area (Å²) >= 11 is 7.31. The van der Waals surface area contributed by atoms with Crippen LogP contribution >= 0.6 is 23.4 Å². The molecule has 2 fully saturated rings. The molecule has 2 aliphatic heterocycles. The zero-order valence-electron chi connectivity index (χ0n) is 21.8. The van der Waals surface area contributed by atoms with Crippen molar-refractivity contribution in [1.29, 1.82) is 0 Å². The Morgan fingerprint density at radius 2 is 1.92 bits per heavy atom. The maximum Gasteiger partial charge on any atom is 0.314 e. The average Bonchev–Trinajstić information content (AvgIpc) is 3.33. The van der Waals surface area contributed by atoms with Gasteiger partial charge in [-0.1, -0.05) is 23.4 Å². The molecule has 4 amide bonds. The number of aromatic nitrogens is 1. The van der Waals surface area contributed by atoms with E-state index in [9.17, 15) is 19.2 Å². The lowest BCUT2D eigenvalue weighted by atomic mass is 9.81. The number of thioether (sulfide) groups is 1. The van der Waals surface area contributed by atoms with Crippen LogP contribution in [0.1, 0.15) is 32.6 Å². The molecular formula is C25H34ClN7O4S. The summed E-state index contributed by atoms with van der Waals surface area (Å²) in [5.74, 6) is -2.12. The molecule has 3 N–H and O–H groups in total. The minimum Gasteiger partial charge on any atom is -0.346 e. The van der Waals surface area contributed by atoms with Gasteiger partial charge in [0.1, 0.15) is 5.82 Å². The third-order valence-corrected chi connectivity index (χ3v) is 8.83. The molecule has 1 saturated carbocycles. The first-order chi connectivity index (χ1) is 18.1. The van der Waals surface area contributed by atoms with E-state index < -0.39 is 23.9 Å². The van der Waals surface area contributed by atoms with E-state index in [4.69, 9.17) is 11.6 Å². The highest BCUT2D eigenvalue weighted by atomic mass is 35.5. The number of nitrogens with one attached hydrogen (secondary N) is 3. The van der Waals surface area contributed by atoms with Crippen molar-refractivity contribution in [1.82, 2.24) is 25.4 Å². The van der Waals surface area contributed by atoms with E-state index in [2.05, 4.69) is 37.9 Å². The minimum absolute atomic E-state index is 0.00437. The molecule has 38 heavy (non-hydrogen) atoms. The molecule has 3 heterocycles. The van der Waals surface area contributed by atoms with Gasteiger partial charge < -0.3 is 25.8 Å². The quantitative estimate of drug-likeness (QED) is 0.442. The second-order valence-corrected chi connectivity index (χ2v) is 11.7. The van der Waals surface area contributed by atoms with Crippen molar-refractivity contribution >= 4 is 57.9 Å². The Kier molecular flexibility index (Phi) is 9.27. The normalized spacial score (nSPS) is 27.1. The Morgan fingerprint density at radius 3 is 2.63 bits per heavy atom. The van der Waals surface area contributed by atoms with E-state index in [-0.39, 0.29) is 34.8 Å². The largest absolute Gasteiger partial charge is 0.346 e. The Labute approximate surface area is 231 Å². The standard InChI is InChI=1S/C25H34ClN7O4S/c1-4-33(3)25(37)14-5-7-16(28-21(34)22(35)31-20-8-6-15(26)12-27-20)18(11-14)29-23(36)24-30-17-9-10-32(2)13-19(17)38-24/h6,8,12,14,16-19H,4-5,7,9-11,13H2,1-3H3,(H,28,34)(H,29,36)(H,27,31,35)/t14-,16-,17?,18+,19?/m0/s1. The van der Waals surface area contributed by atoms with E-state index in [0.29, 0.717) is 35.9 Å². The number of nitrogens with zero attached hydrogens (tertiary/aromatic N) is 4. The van der Waals surface area contributed by atoms with Gasteiger partial charge in [-0.25, -0.2) is 4.98 Å². The lowest BCUT2D eigenvalue weighted by molar-refractivity contribution is -0.138. The predicted octanol–water partition coefficient (Wildman–Crippen LogP) is 1.14. The van der Waals surface area contributed by atoms with Gasteiger partial charge in [-0.2, -0.15) is 0 Å². The highest BCUT2D eigenvalue weighted by Gasteiger charge is 2.40. The fourth-order valence-corrected chi connectivity index (χ4v) is 6.48. The summed E-state index contributed by atoms with van der Waals surface area (Å²) in [4.78, 5) is 63.9. The number of hydrogen-bond acceptors (Lipinski definition) is 8. The van der Waals surface area contributed by atoms with Gasteiger partial charge in [0.25, 0.3) is 5.91 Å². The predicted molar refractivity (Wildman–Crippen MR) is 147 cm³/mol. The van der Waals surface area contributed by atoms with Gasteiger partial charge in [-0.3, -0.25) is 24.2 Å². The summed E-state index contributed by atoms with van der Waals surface area (Å²) < 4.78 is 0. The van der Waals surface area contributed by atoms with Crippen LogP contribution in [-0.4, -0.2) is 101 Å². The zero-order valence-corrected chi connectivity index (χ0v) is 23.3. The van der Waals surface area contributed by atoms with Gasteiger partial charge in [-0.05, 0) is 58.3 Å². The van der Waals surface area contributed by atoms with Gasteiger partial charge in [0.15, 0.2) is 5.04 Å². The monoisotopic (exact) mass is 563 g/mol. The van der Waals surface area contributed by atoms with E-state index in [0.717, 1.165) is 19.5 Å². The molecule has 11 nitrogen and oxygen atoms in total. The molecule has 1 aromatic heterocycles. The molecule has 0 aromatic carbocycles. The van der Waals surface area contributed by atoms with Crippen molar-refractivity contribution in [3.8, 4) is 0 Å². The van der Waals surface area contributed by atoms with Gasteiger partial charge in [0.2, 0.25) is 5.91 Å². The lowest BCUT2D eigenvalue weighted by Crippen LogP contribution is -2.58. The molecule has 13 heteroatoms. The summed E-state index contributed by atoms with van der Waals surface area (Å²) in [5, 5.41) is 9.31. The van der Waals surface area contributed by atoms with Crippen molar-refractivity contribution < 1.29 is 19.2 Å². The fraction of sp³-hybridized carbons (Fsp3) is 0.600. The van der Waals surface area contributed by atoms with Crippen LogP contribution in [-0.2, 0) is 19.2 Å². The molecule has 0 spiro atoms. The Balaban J connectivity index is 1.43. The number of carbonyl (C=O) groups excluding carboxylic acids is 4. The number of halogens is 1. The third-order valence-electron chi connectivity index (χ3n) is 7.33. The van der Waals surface area contributed by atoms with Crippen LogP contribution < -0.4 is 16.0 Å². The molecule has 1 aliphatic carbocycles. The number of carbonyl (C=O) groups is 4. The van der Waals surface area contributed by atoms with Gasteiger partial charge in [-0.15, -0.1) is 0 Å². The van der Waals surface area contributed by atoms with Crippen molar-refractivity contribution in [2.24, 2.45) is 10.9 Å². The van der Waals surface area contributed by atoms with Crippen LogP contribution in [0.15, 0.2) is 23.3 Å². The summed E-state index contributed by atoms with van der Waals surface area (Å²) in [7, 11) is 3.81. The molecule has 5 atom stereocenters. The second kappa shape index (κ2) is 12.4. The van der Waals surface area contributed by atoms with Crippen LogP contribution in [0.3, 0.4) is 0 Å². The van der Waals surface area contributed by atoms with E-state index in [1.807, 2.05) is 6.92 Å². The summed E-state index contributed by atoms with van der Waals surface area (Å²) in [6.07, 6.45) is 3.60. The van der Waals surface area contributed by atoms with Crippen molar-refractivity contribution in [3.05, 3.63) is 23.4 Å². The van der Waals surface area contributed by atoms with Crippen molar-refractivity contribution in [3.63, 3.8) is 0 Å². The minimum atomic E-state index is -0.877. The van der Waals surface area contributed by atoms with E-state index >= 15 is 0 Å². The van der Waals surface area contributed by atoms with Crippen LogP contribution in [0.4, 0.5) is 5.82 Å². The number of fused-ring (bicyclic) bond motifs is 1. The van der Waals surface area contributed by atoms with Crippen LogP contribution in [0, 0.1) is 5.92 Å². The van der Waals surface area contributed by atoms with Gasteiger partial charge in [0.05, 0.1) is 17.1 Å². The van der Waals surface area contributed by atoms with Crippen molar-refractivity contribution in [2.75, 3.05) is 39.0 Å². The maximum absolute atomic E-state index is 13.3. The second-order valence-electron chi connectivity index (χ2n) is 10.0. The van der Waals surface area contributed by atoms with Gasteiger partial charge >= 0.3 is 11.8 Å². The molecule has 1 aromatic rings. The van der Waals surface area contributed by atoms with E-state index in [1.165, 1.54) is 24.0 Å². The molecule has 1 saturated heterocycles. The number of piperidine rings is 1. The first-order valence-corrected chi connectivity index (χ1v) is 14.1. The first-order valence-electron chi connectivity index (χ1n) is 12.9. The zero-order chi connectivity index (χ0) is 27.4. The van der Waals surface area contributed by atoms with Crippen molar-refractivity contribution in [2.45, 2.75) is 56.0 Å². The smallest absolute Gasteiger partial charge is 0.314 e. The topological polar surface area (TPSA) is 136 Å². The van der Waals surface area contributed by atoms with Crippen LogP contribution in [0.25, 0.3) is 0 Å². The SMILES string of the molecule is CCN(C)C(=O)[C@H]1CC[C@H](NC(=O)C(=O)Nc2ccc(Cl)cn2)[C@H](NC(=O)C2=NC3CCN(C)CC3S2)C1. The number of hydrogen-bond donors (Lipinski definition) is 3. The average molecular weight is 564 g/mol. The highest BCUT2D eigenvalue weighted by Crippen LogP contribution is 2.33. The fourth-order valence-electron chi connectivity index (χ4n) is 5.04. The molecule has 4 rings (SSSR count). The number of pyridine rings is 1. The molecular weight excluding hydrogens is 530 g/mol. The number of amides is 4. The molecule has 2 unspecified atom stereocenters. The Hall–Kier alpha value is -2.70. The van der Waals surface area contributed by atoms with Gasteiger partial charge in [0, 0.05) is 43.5 Å². The highest BCUT2D eigenvalue weighted by molar-refractivity contribution is 8.16. The van der Waals surface area contributed by atoms with Crippen LogP contribution in [0.2, 0.25) is 5.02 Å². The summed E-state index contributed by atoms with van der Waals surface area (Å²) in [6, 6.07) is 2.11. The number of aliphatic imine (C=N–C) groups is 1. The number of rotatable bonds is 6. The van der Waals surface area contributed by atoms with Crippen LogP contribution in [0.5, 0.6) is 0 Å². The lowest BCUT2D eigenvalue weighted by Gasteiger charge is -2.37. The summed E-state index contributed by atoms with van der Waals surface area (Å²) in [6.45, 7) is 4.30. The molecule has 0 bridgehead atoms. The summed E-state index contributed by atoms with van der Waals surface area (Å²) in [5.41, 5.74) is 0. The third kappa shape index (κ3) is 6.83. The Morgan fingerprint density at radius 1 is 1.13 bits per heavy atom. The number of likely N-dealkylation sites (tertiary alicyclic amines) is 1. The first kappa shape index (κ1) is 28.3. The molecule has 0 radical (unpaired) electrons. The Bertz CT molecular complexity index is 1100. The molecule has 3 aliphatic rings.